The molecule has 6 nitrogen and oxygen atoms in total. The number of hydrogen-bond donors (Lipinski definition) is 0. The smallest absolute Gasteiger partial charge is 0.410 e. The molecule has 0 N–H and O–H groups in total. The summed E-state index contributed by atoms with van der Waals surface area (Å²) in [6.07, 6.45) is 2.31. The molecule has 1 aromatic rings. The van der Waals surface area contributed by atoms with Crippen molar-refractivity contribution in [3.05, 3.63) is 40.4 Å². The number of halogens is 2. The van der Waals surface area contributed by atoms with Crippen LogP contribution in [-0.4, -0.2) is 51.0 Å². The molecule has 0 aromatic heterocycles. The zero-order chi connectivity index (χ0) is 25.4. The molecule has 1 aromatic carbocycles. The van der Waals surface area contributed by atoms with Crippen molar-refractivity contribution in [3.63, 3.8) is 0 Å². The third kappa shape index (κ3) is 6.16. The largest absolute Gasteiger partial charge is 0.489 e. The van der Waals surface area contributed by atoms with Crippen molar-refractivity contribution in [1.29, 1.82) is 0 Å². The van der Waals surface area contributed by atoms with Gasteiger partial charge in [-0.3, -0.25) is 0 Å². The fourth-order valence-electron chi connectivity index (χ4n) is 4.32. The number of rotatable bonds is 6. The number of fused-ring (bicyclic) bond motifs is 2. The average molecular weight is 530 g/mol. The van der Waals surface area contributed by atoms with E-state index in [9.17, 15) is 9.00 Å². The lowest BCUT2D eigenvalue weighted by Crippen LogP contribution is -2.59. The van der Waals surface area contributed by atoms with Crippen LogP contribution in [0.5, 0.6) is 5.75 Å². The Morgan fingerprint density at radius 3 is 2.29 bits per heavy atom. The van der Waals surface area contributed by atoms with Crippen LogP contribution in [-0.2, 0) is 15.7 Å². The van der Waals surface area contributed by atoms with Crippen LogP contribution < -0.4 is 4.74 Å². The Kier molecular flexibility index (Phi) is 8.10. The zero-order valence-electron chi connectivity index (χ0n) is 20.7. The molecule has 3 rings (SSSR count). The first-order chi connectivity index (χ1) is 15.7. The molecule has 2 bridgehead atoms. The number of benzene rings is 1. The maximum atomic E-state index is 13.1. The first-order valence-electron chi connectivity index (χ1n) is 11.4. The second kappa shape index (κ2) is 10.2. The Morgan fingerprint density at radius 2 is 1.76 bits per heavy atom. The molecule has 0 spiro atoms. The molecule has 1 amide bonds. The summed E-state index contributed by atoms with van der Waals surface area (Å²) in [6, 6.07) is 3.40. The normalized spacial score (nSPS) is 23.7. The summed E-state index contributed by atoms with van der Waals surface area (Å²) in [5.41, 5.74) is 0.821. The number of amides is 1. The SMILES string of the molecule is C=CCOc1cc(Cl)c(Cl)cc1/C(=N/S(=O)C(C)(C)C)C1C2CC1CN(C(=O)OC(C)(C)C)C2. The van der Waals surface area contributed by atoms with Gasteiger partial charge in [0, 0.05) is 30.6 Å². The van der Waals surface area contributed by atoms with Crippen LogP contribution in [0.25, 0.3) is 0 Å². The van der Waals surface area contributed by atoms with E-state index in [0.29, 0.717) is 40.2 Å². The summed E-state index contributed by atoms with van der Waals surface area (Å²) in [4.78, 5) is 14.4. The lowest BCUT2D eigenvalue weighted by atomic mass is 9.59. The fourth-order valence-corrected chi connectivity index (χ4v) is 5.31. The van der Waals surface area contributed by atoms with Gasteiger partial charge in [-0.25, -0.2) is 9.00 Å². The molecule has 9 heteroatoms. The Hall–Kier alpha value is -1.57. The highest BCUT2D eigenvalue weighted by molar-refractivity contribution is 7.85. The number of carbonyl (C=O) groups is 1. The minimum atomic E-state index is -1.49. The van der Waals surface area contributed by atoms with Gasteiger partial charge in [0.1, 0.15) is 28.9 Å². The number of piperidine rings is 2. The summed E-state index contributed by atoms with van der Waals surface area (Å²) in [7, 11) is -1.49. The van der Waals surface area contributed by atoms with E-state index in [0.717, 1.165) is 6.42 Å². The van der Waals surface area contributed by atoms with Gasteiger partial charge in [-0.15, -0.1) is 0 Å². The number of likely N-dealkylation sites (tertiary alicyclic amines) is 1. The van der Waals surface area contributed by atoms with Gasteiger partial charge in [-0.05, 0) is 65.9 Å². The summed E-state index contributed by atoms with van der Waals surface area (Å²) in [5, 5.41) is 0.738. The van der Waals surface area contributed by atoms with Crippen molar-refractivity contribution >= 4 is 46.0 Å². The van der Waals surface area contributed by atoms with E-state index in [1.165, 1.54) is 0 Å². The second-order valence-electron chi connectivity index (χ2n) is 10.9. The number of hydrogen-bond acceptors (Lipinski definition) is 4. The van der Waals surface area contributed by atoms with Crippen LogP contribution in [0.15, 0.2) is 29.2 Å². The van der Waals surface area contributed by atoms with E-state index in [2.05, 4.69) is 6.58 Å². The molecular weight excluding hydrogens is 495 g/mol. The molecule has 3 unspecified atom stereocenters. The molecule has 3 atom stereocenters. The molecule has 2 fully saturated rings. The zero-order valence-corrected chi connectivity index (χ0v) is 23.0. The average Bonchev–Trinajstić information content (AvgIpc) is 2.71. The monoisotopic (exact) mass is 528 g/mol. The maximum Gasteiger partial charge on any atom is 0.410 e. The van der Waals surface area contributed by atoms with E-state index in [1.54, 1.807) is 23.1 Å². The molecule has 1 saturated carbocycles. The van der Waals surface area contributed by atoms with Crippen molar-refractivity contribution < 1.29 is 18.5 Å². The van der Waals surface area contributed by atoms with Crippen molar-refractivity contribution in [2.75, 3.05) is 19.7 Å². The Balaban J connectivity index is 1.99. The van der Waals surface area contributed by atoms with Gasteiger partial charge in [0.15, 0.2) is 0 Å². The molecular formula is C25H34Cl2N2O4S. The van der Waals surface area contributed by atoms with Crippen LogP contribution in [0, 0.1) is 17.8 Å². The lowest BCUT2D eigenvalue weighted by molar-refractivity contribution is -0.0323. The molecule has 2 aliphatic rings. The summed E-state index contributed by atoms with van der Waals surface area (Å²) in [5.74, 6) is 0.883. The number of ether oxygens (including phenoxy) is 2. The summed E-state index contributed by atoms with van der Waals surface area (Å²) < 4.78 is 28.8. The maximum absolute atomic E-state index is 13.1. The number of carbonyl (C=O) groups excluding carboxylic acids is 1. The third-order valence-electron chi connectivity index (χ3n) is 5.86. The third-order valence-corrected chi connectivity index (χ3v) is 7.99. The first kappa shape index (κ1) is 27.0. The van der Waals surface area contributed by atoms with E-state index < -0.39 is 21.3 Å². The highest BCUT2D eigenvalue weighted by Crippen LogP contribution is 2.49. The molecule has 1 aliphatic carbocycles. The predicted molar refractivity (Wildman–Crippen MR) is 139 cm³/mol. The summed E-state index contributed by atoms with van der Waals surface area (Å²) >= 11 is 12.7. The van der Waals surface area contributed by atoms with Gasteiger partial charge in [0.25, 0.3) is 0 Å². The van der Waals surface area contributed by atoms with Gasteiger partial charge in [0.05, 0.1) is 20.5 Å². The lowest BCUT2D eigenvalue weighted by Gasteiger charge is -2.53. The Morgan fingerprint density at radius 1 is 1.18 bits per heavy atom. The minimum absolute atomic E-state index is 0.0216. The fraction of sp³-hybridized carbons (Fsp3) is 0.600. The van der Waals surface area contributed by atoms with Gasteiger partial charge in [-0.2, -0.15) is 4.40 Å². The van der Waals surface area contributed by atoms with Crippen LogP contribution in [0.3, 0.4) is 0 Å². The Labute approximate surface area is 215 Å². The van der Waals surface area contributed by atoms with Crippen molar-refractivity contribution in [3.8, 4) is 5.75 Å². The van der Waals surface area contributed by atoms with Crippen LogP contribution in [0.4, 0.5) is 4.79 Å². The minimum Gasteiger partial charge on any atom is -0.489 e. The first-order valence-corrected chi connectivity index (χ1v) is 13.3. The van der Waals surface area contributed by atoms with Gasteiger partial charge in [-0.1, -0.05) is 35.9 Å². The molecule has 0 radical (unpaired) electrons. The van der Waals surface area contributed by atoms with E-state index in [4.69, 9.17) is 37.1 Å². The van der Waals surface area contributed by atoms with E-state index >= 15 is 0 Å². The van der Waals surface area contributed by atoms with Crippen LogP contribution in [0.2, 0.25) is 10.0 Å². The molecule has 188 valence electrons. The number of nitrogens with zero attached hydrogens (tertiary/aromatic N) is 2. The van der Waals surface area contributed by atoms with Crippen molar-refractivity contribution in [1.82, 2.24) is 4.90 Å². The van der Waals surface area contributed by atoms with Crippen molar-refractivity contribution in [2.24, 2.45) is 22.2 Å². The van der Waals surface area contributed by atoms with Crippen LogP contribution >= 0.6 is 23.2 Å². The molecule has 1 heterocycles. The summed E-state index contributed by atoms with van der Waals surface area (Å²) in [6.45, 7) is 16.4. The Bertz CT molecular complexity index is 1000. The van der Waals surface area contributed by atoms with E-state index in [1.807, 2.05) is 41.5 Å². The molecule has 34 heavy (non-hydrogen) atoms. The second-order valence-corrected chi connectivity index (χ2v) is 13.6. The topological polar surface area (TPSA) is 68.2 Å². The highest BCUT2D eigenvalue weighted by Gasteiger charge is 2.51. The van der Waals surface area contributed by atoms with E-state index in [-0.39, 0.29) is 30.5 Å². The molecule has 1 saturated heterocycles. The van der Waals surface area contributed by atoms with Gasteiger partial charge < -0.3 is 14.4 Å². The predicted octanol–water partition coefficient (Wildman–Crippen LogP) is 6.31. The van der Waals surface area contributed by atoms with Crippen LogP contribution in [0.1, 0.15) is 53.5 Å². The van der Waals surface area contributed by atoms with Crippen molar-refractivity contribution in [2.45, 2.75) is 58.3 Å². The highest BCUT2D eigenvalue weighted by atomic mass is 35.5. The standard InChI is InChI=1S/C25H34Cl2N2O4S/c1-8-9-32-20-12-19(27)18(26)11-17(20)22(28-34(31)25(5,6)7)21-15-10-16(21)14-29(13-15)23(30)33-24(2,3)4/h8,11-12,15-16,21H,1,9-10,13-14H2,2-7H3/b28-22-. The van der Waals surface area contributed by atoms with Gasteiger partial charge in [0.2, 0.25) is 0 Å². The van der Waals surface area contributed by atoms with Gasteiger partial charge >= 0.3 is 6.09 Å². The molecule has 1 aliphatic heterocycles. The quantitative estimate of drug-likeness (QED) is 0.320.